The predicted octanol–water partition coefficient (Wildman–Crippen LogP) is 9.57. The van der Waals surface area contributed by atoms with Crippen LogP contribution in [0.1, 0.15) is 116 Å². The van der Waals surface area contributed by atoms with Crippen LogP contribution in [0.2, 0.25) is 0 Å². The standard InChI is InChI=1S/C23H28O2.C12H16O/c1-3-5-17-23(18-6-4-2,21(24)19-13-9-7-10-14-19)22(25)20-15-11-8-12-16-20;1-2-3-5-10-12(13)11-8-6-4-7-9-11/h7-16H,3-6,17-18H2,1-2H3;4,6-9H,2-3,5,10H2,1H3. The Morgan fingerprint density at radius 3 is 1.24 bits per heavy atom. The van der Waals surface area contributed by atoms with Crippen molar-refractivity contribution in [3.63, 3.8) is 0 Å². The van der Waals surface area contributed by atoms with Gasteiger partial charge in [-0.15, -0.1) is 0 Å². The Labute approximate surface area is 229 Å². The molecule has 0 aliphatic heterocycles. The highest BCUT2D eigenvalue weighted by molar-refractivity contribution is 6.19. The highest BCUT2D eigenvalue weighted by atomic mass is 16.2. The second kappa shape index (κ2) is 17.2. The number of hydrogen-bond acceptors (Lipinski definition) is 3. The SMILES string of the molecule is CCCCC(CCCC)(C(=O)c1ccccc1)C(=O)c1ccccc1.CCCCCC(=O)c1ccccc1. The fourth-order valence-corrected chi connectivity index (χ4v) is 4.67. The number of carbonyl (C=O) groups is 3. The summed E-state index contributed by atoms with van der Waals surface area (Å²) in [5.41, 5.74) is 1.17. The van der Waals surface area contributed by atoms with Gasteiger partial charge in [-0.3, -0.25) is 14.4 Å². The third kappa shape index (κ3) is 9.20. The number of rotatable bonds is 15. The van der Waals surface area contributed by atoms with Crippen LogP contribution in [0, 0.1) is 5.41 Å². The molecule has 0 aliphatic carbocycles. The number of benzene rings is 3. The molecule has 0 radical (unpaired) electrons. The average molecular weight is 513 g/mol. The molecule has 0 atom stereocenters. The first kappa shape index (κ1) is 30.9. The predicted molar refractivity (Wildman–Crippen MR) is 158 cm³/mol. The van der Waals surface area contributed by atoms with Crippen molar-refractivity contribution < 1.29 is 14.4 Å². The van der Waals surface area contributed by atoms with E-state index in [-0.39, 0.29) is 17.3 Å². The summed E-state index contributed by atoms with van der Waals surface area (Å²) in [4.78, 5) is 38.5. The zero-order chi connectivity index (χ0) is 27.6. The van der Waals surface area contributed by atoms with Crippen molar-refractivity contribution in [3.8, 4) is 0 Å². The molecule has 0 spiro atoms. The number of Topliss-reactive ketones (excluding diaryl/α,β-unsaturated/α-hetero) is 3. The number of carbonyl (C=O) groups excluding carboxylic acids is 3. The number of hydrogen-bond donors (Lipinski definition) is 0. The molecule has 0 fully saturated rings. The molecular weight excluding hydrogens is 468 g/mol. The van der Waals surface area contributed by atoms with Gasteiger partial charge in [0, 0.05) is 23.1 Å². The summed E-state index contributed by atoms with van der Waals surface area (Å²) in [6.45, 7) is 6.35. The minimum absolute atomic E-state index is 0.0242. The van der Waals surface area contributed by atoms with E-state index < -0.39 is 5.41 Å². The highest BCUT2D eigenvalue weighted by Crippen LogP contribution is 2.38. The second-order valence-electron chi connectivity index (χ2n) is 9.93. The van der Waals surface area contributed by atoms with Crippen LogP contribution in [-0.4, -0.2) is 17.3 Å². The van der Waals surface area contributed by atoms with Crippen LogP contribution in [0.5, 0.6) is 0 Å². The molecule has 3 rings (SSSR count). The largest absolute Gasteiger partial charge is 0.294 e. The molecule has 3 aromatic rings. The Morgan fingerprint density at radius 1 is 0.500 bits per heavy atom. The van der Waals surface area contributed by atoms with Crippen molar-refractivity contribution in [1.82, 2.24) is 0 Å². The van der Waals surface area contributed by atoms with E-state index in [9.17, 15) is 14.4 Å². The molecule has 0 aliphatic rings. The van der Waals surface area contributed by atoms with Crippen molar-refractivity contribution in [2.24, 2.45) is 5.41 Å². The van der Waals surface area contributed by atoms with Crippen LogP contribution >= 0.6 is 0 Å². The Kier molecular flexibility index (Phi) is 14.0. The Balaban J connectivity index is 0.000000328. The van der Waals surface area contributed by atoms with Gasteiger partial charge in [0.1, 0.15) is 0 Å². The van der Waals surface area contributed by atoms with E-state index in [1.54, 1.807) is 0 Å². The fourth-order valence-electron chi connectivity index (χ4n) is 4.67. The summed E-state index contributed by atoms with van der Waals surface area (Å²) < 4.78 is 0. The third-order valence-corrected chi connectivity index (χ3v) is 6.96. The molecule has 3 aromatic carbocycles. The lowest BCUT2D eigenvalue weighted by Crippen LogP contribution is -2.40. The lowest BCUT2D eigenvalue weighted by Gasteiger charge is -2.31. The van der Waals surface area contributed by atoms with Gasteiger partial charge in [0.05, 0.1) is 5.41 Å². The van der Waals surface area contributed by atoms with Crippen molar-refractivity contribution in [1.29, 1.82) is 0 Å². The molecule has 0 N–H and O–H groups in total. The second-order valence-corrected chi connectivity index (χ2v) is 9.93. The van der Waals surface area contributed by atoms with E-state index in [2.05, 4.69) is 20.8 Å². The molecule has 0 amide bonds. The zero-order valence-electron chi connectivity index (χ0n) is 23.5. The molecule has 3 heteroatoms. The first-order valence-corrected chi connectivity index (χ1v) is 14.3. The monoisotopic (exact) mass is 512 g/mol. The maximum absolute atomic E-state index is 13.5. The van der Waals surface area contributed by atoms with Crippen LogP contribution in [0.3, 0.4) is 0 Å². The summed E-state index contributed by atoms with van der Waals surface area (Å²) in [7, 11) is 0. The molecular formula is C35H44O3. The van der Waals surface area contributed by atoms with Crippen LogP contribution in [-0.2, 0) is 0 Å². The third-order valence-electron chi connectivity index (χ3n) is 6.96. The summed E-state index contributed by atoms with van der Waals surface area (Å²) in [5.74, 6) is 0.224. The van der Waals surface area contributed by atoms with E-state index in [0.29, 0.717) is 30.4 Å². The molecule has 0 aromatic heterocycles. The molecule has 0 saturated heterocycles. The number of ketones is 3. The van der Waals surface area contributed by atoms with Gasteiger partial charge in [0.25, 0.3) is 0 Å². The van der Waals surface area contributed by atoms with E-state index >= 15 is 0 Å². The lowest BCUT2D eigenvalue weighted by molar-refractivity contribution is 0.0620. The van der Waals surface area contributed by atoms with Gasteiger partial charge < -0.3 is 0 Å². The summed E-state index contributed by atoms with van der Waals surface area (Å²) in [6.07, 6.45) is 8.95. The first-order valence-electron chi connectivity index (χ1n) is 14.3. The Hall–Kier alpha value is -3.33. The van der Waals surface area contributed by atoms with Gasteiger partial charge >= 0.3 is 0 Å². The molecule has 0 bridgehead atoms. The Morgan fingerprint density at radius 2 is 0.868 bits per heavy atom. The van der Waals surface area contributed by atoms with Gasteiger partial charge in [0.15, 0.2) is 17.3 Å². The minimum Gasteiger partial charge on any atom is -0.294 e. The van der Waals surface area contributed by atoms with E-state index in [1.807, 2.05) is 91.0 Å². The quantitative estimate of drug-likeness (QED) is 0.116. The van der Waals surface area contributed by atoms with Crippen LogP contribution in [0.4, 0.5) is 0 Å². The van der Waals surface area contributed by atoms with Crippen LogP contribution < -0.4 is 0 Å². The van der Waals surface area contributed by atoms with Crippen molar-refractivity contribution >= 4 is 17.3 Å². The summed E-state index contributed by atoms with van der Waals surface area (Å²) in [5, 5.41) is 0. The zero-order valence-corrected chi connectivity index (χ0v) is 23.5. The maximum Gasteiger partial charge on any atom is 0.176 e. The first-order chi connectivity index (χ1) is 18.5. The fraction of sp³-hybridized carbons (Fsp3) is 0.400. The van der Waals surface area contributed by atoms with E-state index in [4.69, 9.17) is 0 Å². The van der Waals surface area contributed by atoms with Gasteiger partial charge in [0.2, 0.25) is 0 Å². The van der Waals surface area contributed by atoms with Crippen molar-refractivity contribution in [3.05, 3.63) is 108 Å². The molecule has 0 saturated carbocycles. The molecule has 38 heavy (non-hydrogen) atoms. The molecule has 202 valence electrons. The van der Waals surface area contributed by atoms with Gasteiger partial charge in [-0.25, -0.2) is 0 Å². The topological polar surface area (TPSA) is 51.2 Å². The Bertz CT molecular complexity index is 1030. The normalized spacial score (nSPS) is 10.8. The average Bonchev–Trinajstić information content (AvgIpc) is 2.98. The van der Waals surface area contributed by atoms with Gasteiger partial charge in [-0.2, -0.15) is 0 Å². The molecule has 0 unspecified atom stereocenters. The van der Waals surface area contributed by atoms with Crippen LogP contribution in [0.15, 0.2) is 91.0 Å². The van der Waals surface area contributed by atoms with E-state index in [1.165, 1.54) is 6.42 Å². The van der Waals surface area contributed by atoms with Gasteiger partial charge in [-0.05, 0) is 19.3 Å². The van der Waals surface area contributed by atoms with Crippen LogP contribution in [0.25, 0.3) is 0 Å². The summed E-state index contributed by atoms with van der Waals surface area (Å²) >= 11 is 0. The summed E-state index contributed by atoms with van der Waals surface area (Å²) in [6, 6.07) is 28.1. The lowest BCUT2D eigenvalue weighted by atomic mass is 9.68. The number of unbranched alkanes of at least 4 members (excludes halogenated alkanes) is 4. The smallest absolute Gasteiger partial charge is 0.176 e. The van der Waals surface area contributed by atoms with Crippen molar-refractivity contribution in [2.75, 3.05) is 0 Å². The molecule has 3 nitrogen and oxygen atoms in total. The molecule has 0 heterocycles. The van der Waals surface area contributed by atoms with E-state index in [0.717, 1.165) is 44.1 Å². The van der Waals surface area contributed by atoms with Crippen molar-refractivity contribution in [2.45, 2.75) is 85.0 Å². The highest BCUT2D eigenvalue weighted by Gasteiger charge is 2.44. The van der Waals surface area contributed by atoms with Gasteiger partial charge in [-0.1, -0.05) is 150 Å². The minimum atomic E-state index is -0.950. The maximum atomic E-state index is 13.5.